The molecule has 3 aliphatic rings. The second-order valence-corrected chi connectivity index (χ2v) is 6.79. The summed E-state index contributed by atoms with van der Waals surface area (Å²) in [6.45, 7) is 0. The van der Waals surface area contributed by atoms with Gasteiger partial charge in [-0.2, -0.15) is 0 Å². The lowest BCUT2D eigenvalue weighted by molar-refractivity contribution is 0.188. The van der Waals surface area contributed by atoms with Gasteiger partial charge in [-0.1, -0.05) is 51.4 Å². The standard InChI is InChI=1S/C16H28/c1-2-6-13(7-3-1)12-15-11-10-14-8-4-5-9-16(14)15/h13-16H,1-12H2. The Hall–Kier alpha value is 0. The van der Waals surface area contributed by atoms with Crippen LogP contribution >= 0.6 is 0 Å². The van der Waals surface area contributed by atoms with Crippen LogP contribution in [-0.2, 0) is 0 Å². The zero-order chi connectivity index (χ0) is 10.8. The fourth-order valence-electron chi connectivity index (χ4n) is 5.00. The number of hydrogen-bond donors (Lipinski definition) is 0. The Bertz CT molecular complexity index is 214. The van der Waals surface area contributed by atoms with Gasteiger partial charge in [-0.05, 0) is 49.4 Å². The fourth-order valence-corrected chi connectivity index (χ4v) is 5.00. The third kappa shape index (κ3) is 2.31. The highest BCUT2D eigenvalue weighted by atomic mass is 14.4. The van der Waals surface area contributed by atoms with Gasteiger partial charge in [-0.25, -0.2) is 0 Å². The molecule has 92 valence electrons. The van der Waals surface area contributed by atoms with E-state index in [9.17, 15) is 0 Å². The Kier molecular flexibility index (Phi) is 3.54. The van der Waals surface area contributed by atoms with Crippen molar-refractivity contribution in [2.75, 3.05) is 0 Å². The maximum absolute atomic E-state index is 1.61. The molecule has 0 heterocycles. The van der Waals surface area contributed by atoms with Crippen molar-refractivity contribution in [1.82, 2.24) is 0 Å². The van der Waals surface area contributed by atoms with E-state index in [1.165, 1.54) is 25.7 Å². The van der Waals surface area contributed by atoms with Crippen LogP contribution in [0.5, 0.6) is 0 Å². The first kappa shape index (κ1) is 11.1. The number of fused-ring (bicyclic) bond motifs is 1. The molecule has 0 aromatic heterocycles. The van der Waals surface area contributed by atoms with E-state index >= 15 is 0 Å². The van der Waals surface area contributed by atoms with Gasteiger partial charge in [0, 0.05) is 0 Å². The lowest BCUT2D eigenvalue weighted by Crippen LogP contribution is -2.21. The van der Waals surface area contributed by atoms with E-state index in [1.54, 1.807) is 51.4 Å². The van der Waals surface area contributed by atoms with Crippen LogP contribution in [0.3, 0.4) is 0 Å². The molecule has 0 radical (unpaired) electrons. The van der Waals surface area contributed by atoms with Crippen molar-refractivity contribution in [3.8, 4) is 0 Å². The Balaban J connectivity index is 1.54. The van der Waals surface area contributed by atoms with Crippen molar-refractivity contribution < 1.29 is 0 Å². The molecule has 3 rings (SSSR count). The molecule has 3 unspecified atom stereocenters. The van der Waals surface area contributed by atoms with Gasteiger partial charge in [0.1, 0.15) is 0 Å². The van der Waals surface area contributed by atoms with E-state index in [2.05, 4.69) is 0 Å². The zero-order valence-electron chi connectivity index (χ0n) is 10.8. The zero-order valence-corrected chi connectivity index (χ0v) is 10.8. The lowest BCUT2D eigenvalue weighted by Gasteiger charge is -2.32. The summed E-state index contributed by atoms with van der Waals surface area (Å²) in [6.07, 6.45) is 18.7. The molecule has 0 heteroatoms. The SMILES string of the molecule is C1CCC(CC2CCC3CCCCC32)CC1. The summed E-state index contributed by atoms with van der Waals surface area (Å²) in [5.74, 6) is 4.59. The summed E-state index contributed by atoms with van der Waals surface area (Å²) >= 11 is 0. The van der Waals surface area contributed by atoms with Crippen LogP contribution in [-0.4, -0.2) is 0 Å². The fraction of sp³-hybridized carbons (Fsp3) is 1.00. The third-order valence-electron chi connectivity index (χ3n) is 5.84. The molecular formula is C16H28. The number of hydrogen-bond acceptors (Lipinski definition) is 0. The van der Waals surface area contributed by atoms with Gasteiger partial charge in [0.2, 0.25) is 0 Å². The lowest BCUT2D eigenvalue weighted by atomic mass is 9.74. The molecule has 0 aliphatic heterocycles. The molecule has 0 nitrogen and oxygen atoms in total. The summed E-state index contributed by atoms with van der Waals surface area (Å²) in [4.78, 5) is 0. The first-order valence-electron chi connectivity index (χ1n) is 7.93. The predicted octanol–water partition coefficient (Wildman–Crippen LogP) is 5.17. The minimum Gasteiger partial charge on any atom is -0.0533 e. The first-order valence-corrected chi connectivity index (χ1v) is 7.93. The molecule has 0 spiro atoms. The molecule has 0 N–H and O–H groups in total. The van der Waals surface area contributed by atoms with Crippen molar-refractivity contribution in [2.45, 2.75) is 77.0 Å². The Morgan fingerprint density at radius 3 is 2.25 bits per heavy atom. The predicted molar refractivity (Wildman–Crippen MR) is 69.4 cm³/mol. The maximum atomic E-state index is 1.61. The quantitative estimate of drug-likeness (QED) is 0.602. The minimum atomic E-state index is 1.12. The van der Waals surface area contributed by atoms with Gasteiger partial charge in [-0.15, -0.1) is 0 Å². The molecule has 3 saturated carbocycles. The minimum absolute atomic E-state index is 1.12. The molecular weight excluding hydrogens is 192 g/mol. The topological polar surface area (TPSA) is 0 Å². The van der Waals surface area contributed by atoms with Crippen LogP contribution < -0.4 is 0 Å². The van der Waals surface area contributed by atoms with Crippen molar-refractivity contribution in [2.24, 2.45) is 23.7 Å². The van der Waals surface area contributed by atoms with Crippen molar-refractivity contribution in [3.63, 3.8) is 0 Å². The molecule has 3 fully saturated rings. The van der Waals surface area contributed by atoms with E-state index in [4.69, 9.17) is 0 Å². The second kappa shape index (κ2) is 5.10. The maximum Gasteiger partial charge on any atom is -0.0357 e. The second-order valence-electron chi connectivity index (χ2n) is 6.79. The largest absolute Gasteiger partial charge is 0.0533 e. The highest BCUT2D eigenvalue weighted by Crippen LogP contribution is 2.49. The van der Waals surface area contributed by atoms with E-state index in [1.807, 2.05) is 0 Å². The molecule has 3 aliphatic carbocycles. The van der Waals surface area contributed by atoms with Crippen LogP contribution in [0.1, 0.15) is 77.0 Å². The Morgan fingerprint density at radius 1 is 0.625 bits per heavy atom. The summed E-state index contributed by atoms with van der Waals surface area (Å²) in [7, 11) is 0. The average Bonchev–Trinajstić information content (AvgIpc) is 2.74. The summed E-state index contributed by atoms with van der Waals surface area (Å²) in [6, 6.07) is 0. The average molecular weight is 220 g/mol. The van der Waals surface area contributed by atoms with Crippen LogP contribution in [0.15, 0.2) is 0 Å². The molecule has 0 aromatic rings. The molecule has 3 atom stereocenters. The van der Waals surface area contributed by atoms with E-state index < -0.39 is 0 Å². The molecule has 16 heavy (non-hydrogen) atoms. The van der Waals surface area contributed by atoms with Crippen LogP contribution in [0.25, 0.3) is 0 Å². The molecule has 0 aromatic carbocycles. The van der Waals surface area contributed by atoms with Crippen molar-refractivity contribution in [1.29, 1.82) is 0 Å². The molecule has 0 amide bonds. The number of rotatable bonds is 2. The van der Waals surface area contributed by atoms with E-state index in [0.717, 1.165) is 23.7 Å². The summed E-state index contributed by atoms with van der Waals surface area (Å²) in [5.41, 5.74) is 0. The van der Waals surface area contributed by atoms with Crippen LogP contribution in [0.2, 0.25) is 0 Å². The van der Waals surface area contributed by atoms with Crippen molar-refractivity contribution in [3.05, 3.63) is 0 Å². The normalized spacial score (nSPS) is 40.9. The van der Waals surface area contributed by atoms with Gasteiger partial charge >= 0.3 is 0 Å². The smallest absolute Gasteiger partial charge is 0.0357 e. The van der Waals surface area contributed by atoms with Crippen LogP contribution in [0, 0.1) is 23.7 Å². The summed E-state index contributed by atoms with van der Waals surface area (Å²) in [5, 5.41) is 0. The van der Waals surface area contributed by atoms with E-state index in [0.29, 0.717) is 0 Å². The molecule has 0 bridgehead atoms. The van der Waals surface area contributed by atoms with Gasteiger partial charge in [0.05, 0.1) is 0 Å². The highest BCUT2D eigenvalue weighted by Gasteiger charge is 2.37. The van der Waals surface area contributed by atoms with Crippen LogP contribution in [0.4, 0.5) is 0 Å². The van der Waals surface area contributed by atoms with Gasteiger partial charge in [0.15, 0.2) is 0 Å². The van der Waals surface area contributed by atoms with Gasteiger partial charge in [0.25, 0.3) is 0 Å². The van der Waals surface area contributed by atoms with Gasteiger partial charge < -0.3 is 0 Å². The Labute approximate surface area is 101 Å². The first-order chi connectivity index (χ1) is 7.93. The van der Waals surface area contributed by atoms with E-state index in [-0.39, 0.29) is 0 Å². The third-order valence-corrected chi connectivity index (χ3v) is 5.84. The summed E-state index contributed by atoms with van der Waals surface area (Å²) < 4.78 is 0. The monoisotopic (exact) mass is 220 g/mol. The molecule has 0 saturated heterocycles. The highest BCUT2D eigenvalue weighted by molar-refractivity contribution is 4.88. The van der Waals surface area contributed by atoms with Gasteiger partial charge in [-0.3, -0.25) is 0 Å². The van der Waals surface area contributed by atoms with Crippen molar-refractivity contribution >= 4 is 0 Å². The Morgan fingerprint density at radius 2 is 1.38 bits per heavy atom.